The molecule has 0 aliphatic heterocycles. The lowest BCUT2D eigenvalue weighted by Crippen LogP contribution is -2.19. The van der Waals surface area contributed by atoms with Gasteiger partial charge < -0.3 is 14.8 Å². The van der Waals surface area contributed by atoms with E-state index in [0.717, 1.165) is 30.6 Å². The van der Waals surface area contributed by atoms with Crippen molar-refractivity contribution in [1.29, 1.82) is 0 Å². The quantitative estimate of drug-likeness (QED) is 0.865. The summed E-state index contributed by atoms with van der Waals surface area (Å²) >= 11 is 0. The molecule has 1 aliphatic carbocycles. The van der Waals surface area contributed by atoms with Gasteiger partial charge in [-0.3, -0.25) is 0 Å². The predicted molar refractivity (Wildman–Crippen MR) is 65.4 cm³/mol. The van der Waals surface area contributed by atoms with Crippen LogP contribution in [0.5, 0.6) is 5.88 Å². The second-order valence-corrected chi connectivity index (χ2v) is 4.37. The first-order valence-electron chi connectivity index (χ1n) is 5.89. The van der Waals surface area contributed by atoms with Gasteiger partial charge in [-0.1, -0.05) is 0 Å². The Balaban J connectivity index is 2.04. The normalized spacial score (nSPS) is 23.7. The summed E-state index contributed by atoms with van der Waals surface area (Å²) in [4.78, 5) is 8.32. The fraction of sp³-hybridized carbons (Fsp3) is 0.667. The molecule has 94 valence electrons. The highest BCUT2D eigenvalue weighted by atomic mass is 16.5. The van der Waals surface area contributed by atoms with E-state index in [-0.39, 0.29) is 0 Å². The SMILES string of the molecule is COc1ncnc(NC2CCC(OC)C2)c1C. The molecule has 1 aromatic heterocycles. The molecule has 5 heteroatoms. The number of anilines is 1. The number of hydrogen-bond donors (Lipinski definition) is 1. The molecule has 1 aromatic rings. The predicted octanol–water partition coefficient (Wildman–Crippen LogP) is 1.77. The highest BCUT2D eigenvalue weighted by Gasteiger charge is 2.25. The molecule has 0 amide bonds. The molecule has 2 unspecified atom stereocenters. The maximum atomic E-state index is 5.36. The van der Waals surface area contributed by atoms with Crippen molar-refractivity contribution in [2.75, 3.05) is 19.5 Å². The number of methoxy groups -OCH3 is 2. The maximum Gasteiger partial charge on any atom is 0.221 e. The molecule has 1 aliphatic rings. The second kappa shape index (κ2) is 5.31. The van der Waals surface area contributed by atoms with Crippen LogP contribution in [0.2, 0.25) is 0 Å². The Hall–Kier alpha value is -1.36. The van der Waals surface area contributed by atoms with Gasteiger partial charge in [0.1, 0.15) is 12.1 Å². The lowest BCUT2D eigenvalue weighted by molar-refractivity contribution is 0.108. The van der Waals surface area contributed by atoms with Crippen LogP contribution in [0.1, 0.15) is 24.8 Å². The van der Waals surface area contributed by atoms with Crippen LogP contribution in [0.4, 0.5) is 5.82 Å². The van der Waals surface area contributed by atoms with Crippen LogP contribution < -0.4 is 10.1 Å². The first kappa shape index (κ1) is 12.1. The molecular weight excluding hydrogens is 218 g/mol. The van der Waals surface area contributed by atoms with Gasteiger partial charge in [-0.25, -0.2) is 9.97 Å². The smallest absolute Gasteiger partial charge is 0.221 e. The standard InChI is InChI=1S/C12H19N3O2/c1-8-11(13-7-14-12(8)17-3)15-9-4-5-10(6-9)16-2/h7,9-10H,4-6H2,1-3H3,(H,13,14,15). The van der Waals surface area contributed by atoms with E-state index in [1.165, 1.54) is 6.33 Å². The van der Waals surface area contributed by atoms with Gasteiger partial charge in [-0.2, -0.15) is 0 Å². The van der Waals surface area contributed by atoms with Crippen molar-refractivity contribution in [3.05, 3.63) is 11.9 Å². The highest BCUT2D eigenvalue weighted by Crippen LogP contribution is 2.27. The Labute approximate surface area is 102 Å². The minimum atomic E-state index is 0.372. The van der Waals surface area contributed by atoms with Gasteiger partial charge in [0.05, 0.1) is 18.8 Å². The second-order valence-electron chi connectivity index (χ2n) is 4.37. The van der Waals surface area contributed by atoms with Crippen molar-refractivity contribution in [2.24, 2.45) is 0 Å². The average molecular weight is 237 g/mol. The van der Waals surface area contributed by atoms with Crippen molar-refractivity contribution in [2.45, 2.75) is 38.3 Å². The van der Waals surface area contributed by atoms with Gasteiger partial charge in [-0.05, 0) is 26.2 Å². The molecule has 1 saturated carbocycles. The summed E-state index contributed by atoms with van der Waals surface area (Å²) in [6.07, 6.45) is 5.15. The molecule has 1 fully saturated rings. The van der Waals surface area contributed by atoms with Gasteiger partial charge in [0.15, 0.2) is 0 Å². The van der Waals surface area contributed by atoms with Gasteiger partial charge >= 0.3 is 0 Å². The molecule has 5 nitrogen and oxygen atoms in total. The van der Waals surface area contributed by atoms with Crippen LogP contribution >= 0.6 is 0 Å². The fourth-order valence-electron chi connectivity index (χ4n) is 2.26. The Morgan fingerprint density at radius 3 is 2.76 bits per heavy atom. The molecular formula is C12H19N3O2. The van der Waals surface area contributed by atoms with E-state index in [0.29, 0.717) is 18.0 Å². The third kappa shape index (κ3) is 2.66. The number of hydrogen-bond acceptors (Lipinski definition) is 5. The molecule has 0 spiro atoms. The monoisotopic (exact) mass is 237 g/mol. The molecule has 1 N–H and O–H groups in total. The first-order chi connectivity index (χ1) is 8.24. The van der Waals surface area contributed by atoms with E-state index in [9.17, 15) is 0 Å². The fourth-order valence-corrected chi connectivity index (χ4v) is 2.26. The van der Waals surface area contributed by atoms with Gasteiger partial charge in [0, 0.05) is 13.2 Å². The third-order valence-electron chi connectivity index (χ3n) is 3.29. The lowest BCUT2D eigenvalue weighted by atomic mass is 10.2. The van der Waals surface area contributed by atoms with Crippen LogP contribution in [-0.4, -0.2) is 36.3 Å². The summed E-state index contributed by atoms with van der Waals surface area (Å²) in [5.41, 5.74) is 0.955. The average Bonchev–Trinajstić information content (AvgIpc) is 2.79. The number of nitrogens with one attached hydrogen (secondary N) is 1. The van der Waals surface area contributed by atoms with Crippen molar-refractivity contribution >= 4 is 5.82 Å². The molecule has 0 aromatic carbocycles. The Morgan fingerprint density at radius 1 is 1.29 bits per heavy atom. The number of rotatable bonds is 4. The third-order valence-corrected chi connectivity index (χ3v) is 3.29. The summed E-state index contributed by atoms with van der Waals surface area (Å²) in [7, 11) is 3.39. The van der Waals surface area contributed by atoms with Crippen molar-refractivity contribution in [3.63, 3.8) is 0 Å². The van der Waals surface area contributed by atoms with Crippen LogP contribution in [0.3, 0.4) is 0 Å². The van der Waals surface area contributed by atoms with E-state index in [4.69, 9.17) is 9.47 Å². The van der Waals surface area contributed by atoms with Crippen LogP contribution in [-0.2, 0) is 4.74 Å². The first-order valence-corrected chi connectivity index (χ1v) is 5.89. The largest absolute Gasteiger partial charge is 0.481 e. The zero-order chi connectivity index (χ0) is 12.3. The van der Waals surface area contributed by atoms with Crippen LogP contribution in [0.25, 0.3) is 0 Å². The van der Waals surface area contributed by atoms with Gasteiger partial charge in [0.2, 0.25) is 5.88 Å². The van der Waals surface area contributed by atoms with E-state index in [1.807, 2.05) is 6.92 Å². The minimum Gasteiger partial charge on any atom is -0.481 e. The maximum absolute atomic E-state index is 5.36. The molecule has 0 bridgehead atoms. The number of nitrogens with zero attached hydrogens (tertiary/aromatic N) is 2. The van der Waals surface area contributed by atoms with Crippen molar-refractivity contribution < 1.29 is 9.47 Å². The molecule has 2 atom stereocenters. The summed E-state index contributed by atoms with van der Waals surface area (Å²) < 4.78 is 10.5. The molecule has 2 rings (SSSR count). The van der Waals surface area contributed by atoms with Crippen molar-refractivity contribution in [3.8, 4) is 5.88 Å². The lowest BCUT2D eigenvalue weighted by Gasteiger charge is -2.16. The molecule has 0 radical (unpaired) electrons. The van der Waals surface area contributed by atoms with Crippen LogP contribution in [0, 0.1) is 6.92 Å². The van der Waals surface area contributed by atoms with Gasteiger partial charge in [-0.15, -0.1) is 0 Å². The van der Waals surface area contributed by atoms with Gasteiger partial charge in [0.25, 0.3) is 0 Å². The Morgan fingerprint density at radius 2 is 2.12 bits per heavy atom. The molecule has 17 heavy (non-hydrogen) atoms. The number of ether oxygens (including phenoxy) is 2. The molecule has 1 heterocycles. The van der Waals surface area contributed by atoms with Crippen LogP contribution in [0.15, 0.2) is 6.33 Å². The highest BCUT2D eigenvalue weighted by molar-refractivity contribution is 5.48. The molecule has 0 saturated heterocycles. The van der Waals surface area contributed by atoms with E-state index < -0.39 is 0 Å². The summed E-state index contributed by atoms with van der Waals surface area (Å²) in [6.45, 7) is 1.96. The van der Waals surface area contributed by atoms with E-state index >= 15 is 0 Å². The zero-order valence-corrected chi connectivity index (χ0v) is 10.6. The zero-order valence-electron chi connectivity index (χ0n) is 10.6. The summed E-state index contributed by atoms with van der Waals surface area (Å²) in [5, 5.41) is 3.44. The topological polar surface area (TPSA) is 56.3 Å². The number of aromatic nitrogens is 2. The minimum absolute atomic E-state index is 0.372. The Kier molecular flexibility index (Phi) is 3.78. The Bertz CT molecular complexity index is 384. The summed E-state index contributed by atoms with van der Waals surface area (Å²) in [6, 6.07) is 0.429. The van der Waals surface area contributed by atoms with E-state index in [2.05, 4.69) is 15.3 Å². The van der Waals surface area contributed by atoms with Crippen molar-refractivity contribution in [1.82, 2.24) is 9.97 Å². The van der Waals surface area contributed by atoms with E-state index in [1.54, 1.807) is 14.2 Å². The summed E-state index contributed by atoms with van der Waals surface area (Å²) in [5.74, 6) is 1.49.